The van der Waals surface area contributed by atoms with E-state index in [4.69, 9.17) is 4.42 Å². The first kappa shape index (κ1) is 12.6. The third-order valence-electron chi connectivity index (χ3n) is 2.56. The minimum Gasteiger partial charge on any atom is -0.403 e. The van der Waals surface area contributed by atoms with Gasteiger partial charge >= 0.3 is 6.01 Å². The van der Waals surface area contributed by atoms with Crippen LogP contribution in [0.4, 0.5) is 6.01 Å². The second-order valence-corrected chi connectivity index (χ2v) is 4.88. The van der Waals surface area contributed by atoms with E-state index in [2.05, 4.69) is 36.4 Å². The Morgan fingerprint density at radius 2 is 2.05 bits per heavy atom. The van der Waals surface area contributed by atoms with Gasteiger partial charge in [0.1, 0.15) is 5.69 Å². The fraction of sp³-hybridized carbons (Fsp3) is 0. The molecule has 100 valence electrons. The number of benzene rings is 1. The highest BCUT2D eigenvalue weighted by molar-refractivity contribution is 9.10. The normalized spacial score (nSPS) is 10.4. The van der Waals surface area contributed by atoms with Crippen LogP contribution in [0.3, 0.4) is 0 Å². The maximum Gasteiger partial charge on any atom is 0.322 e. The summed E-state index contributed by atoms with van der Waals surface area (Å²) in [5, 5.41) is 10.2. The topological polar surface area (TPSA) is 83.8 Å². The van der Waals surface area contributed by atoms with Gasteiger partial charge < -0.3 is 9.40 Å². The molecule has 0 saturated heterocycles. The Hall–Kier alpha value is -2.41. The highest BCUT2D eigenvalue weighted by atomic mass is 79.9. The summed E-state index contributed by atoms with van der Waals surface area (Å²) in [6.45, 7) is 0. The molecule has 7 heteroatoms. The van der Waals surface area contributed by atoms with Crippen molar-refractivity contribution < 1.29 is 9.21 Å². The molecule has 0 aliphatic heterocycles. The molecule has 20 heavy (non-hydrogen) atoms. The largest absolute Gasteiger partial charge is 0.403 e. The van der Waals surface area contributed by atoms with E-state index in [1.165, 1.54) is 0 Å². The summed E-state index contributed by atoms with van der Waals surface area (Å²) < 4.78 is 6.18. The van der Waals surface area contributed by atoms with Crippen molar-refractivity contribution in [1.29, 1.82) is 0 Å². The molecule has 3 rings (SSSR count). The van der Waals surface area contributed by atoms with Gasteiger partial charge in [-0.25, -0.2) is 0 Å². The molecule has 0 atom stereocenters. The van der Waals surface area contributed by atoms with Crippen molar-refractivity contribution in [3.05, 3.63) is 52.8 Å². The van der Waals surface area contributed by atoms with Crippen molar-refractivity contribution in [1.82, 2.24) is 15.2 Å². The lowest BCUT2D eigenvalue weighted by atomic mass is 10.2. The lowest BCUT2D eigenvalue weighted by molar-refractivity contribution is 0.102. The van der Waals surface area contributed by atoms with Crippen molar-refractivity contribution in [2.75, 3.05) is 5.32 Å². The number of nitrogens with one attached hydrogen (secondary N) is 2. The molecule has 0 unspecified atom stereocenters. The average molecular weight is 333 g/mol. The van der Waals surface area contributed by atoms with Gasteiger partial charge in [0.15, 0.2) is 0 Å². The number of aromatic amines is 1. The Morgan fingerprint density at radius 1 is 1.25 bits per heavy atom. The van der Waals surface area contributed by atoms with Crippen LogP contribution in [0.25, 0.3) is 11.5 Å². The minimum absolute atomic E-state index is 0.0552. The van der Waals surface area contributed by atoms with E-state index in [0.29, 0.717) is 11.6 Å². The quantitative estimate of drug-likeness (QED) is 0.771. The zero-order chi connectivity index (χ0) is 13.9. The summed E-state index contributed by atoms with van der Waals surface area (Å²) in [7, 11) is 0. The van der Waals surface area contributed by atoms with Crippen LogP contribution in [-0.2, 0) is 0 Å². The lowest BCUT2D eigenvalue weighted by Gasteiger charge is -1.96. The second kappa shape index (κ2) is 5.30. The van der Waals surface area contributed by atoms with Crippen molar-refractivity contribution in [2.45, 2.75) is 0 Å². The maximum atomic E-state index is 11.9. The van der Waals surface area contributed by atoms with Crippen molar-refractivity contribution in [3.8, 4) is 11.5 Å². The summed E-state index contributed by atoms with van der Waals surface area (Å²) in [5.41, 5.74) is 1.19. The van der Waals surface area contributed by atoms with E-state index >= 15 is 0 Å². The number of rotatable bonds is 3. The van der Waals surface area contributed by atoms with Gasteiger partial charge in [0, 0.05) is 16.2 Å². The van der Waals surface area contributed by atoms with E-state index < -0.39 is 0 Å². The van der Waals surface area contributed by atoms with Gasteiger partial charge in [0.2, 0.25) is 5.89 Å². The summed E-state index contributed by atoms with van der Waals surface area (Å²) in [6.07, 6.45) is 1.66. The zero-order valence-electron chi connectivity index (χ0n) is 10.1. The maximum absolute atomic E-state index is 11.9. The predicted molar refractivity (Wildman–Crippen MR) is 76.2 cm³/mol. The highest BCUT2D eigenvalue weighted by Gasteiger charge is 2.13. The number of aromatic nitrogens is 3. The third-order valence-corrected chi connectivity index (χ3v) is 3.02. The molecule has 2 N–H and O–H groups in total. The van der Waals surface area contributed by atoms with Gasteiger partial charge in [0.25, 0.3) is 5.91 Å². The zero-order valence-corrected chi connectivity index (χ0v) is 11.7. The van der Waals surface area contributed by atoms with Crippen LogP contribution in [0.5, 0.6) is 0 Å². The van der Waals surface area contributed by atoms with Gasteiger partial charge in [-0.05, 0) is 34.1 Å². The van der Waals surface area contributed by atoms with Crippen molar-refractivity contribution in [3.63, 3.8) is 0 Å². The van der Waals surface area contributed by atoms with Crippen LogP contribution in [0.1, 0.15) is 10.5 Å². The fourth-order valence-electron chi connectivity index (χ4n) is 1.63. The smallest absolute Gasteiger partial charge is 0.322 e. The Morgan fingerprint density at radius 3 is 2.75 bits per heavy atom. The summed E-state index contributed by atoms with van der Waals surface area (Å²) in [5.74, 6) is 0.00697. The van der Waals surface area contributed by atoms with Gasteiger partial charge in [-0.3, -0.25) is 10.1 Å². The molecule has 6 nitrogen and oxygen atoms in total. The number of hydrogen-bond donors (Lipinski definition) is 2. The number of carbonyl (C=O) groups is 1. The Kier molecular flexibility index (Phi) is 3.34. The monoisotopic (exact) mass is 332 g/mol. The minimum atomic E-state index is -0.348. The van der Waals surface area contributed by atoms with Gasteiger partial charge in [0.05, 0.1) is 0 Å². The first-order valence-corrected chi connectivity index (χ1v) is 6.56. The molecule has 0 bridgehead atoms. The van der Waals surface area contributed by atoms with Crippen LogP contribution in [0.15, 0.2) is 51.5 Å². The summed E-state index contributed by atoms with van der Waals surface area (Å²) in [4.78, 5) is 14.7. The summed E-state index contributed by atoms with van der Waals surface area (Å²) in [6, 6.07) is 11.0. The van der Waals surface area contributed by atoms with Crippen LogP contribution in [0.2, 0.25) is 0 Å². The van der Waals surface area contributed by atoms with E-state index in [9.17, 15) is 4.79 Å². The number of carbonyl (C=O) groups excluding carboxylic acids is 1. The number of amides is 1. The van der Waals surface area contributed by atoms with E-state index in [1.54, 1.807) is 12.3 Å². The molecular weight excluding hydrogens is 324 g/mol. The van der Waals surface area contributed by atoms with Crippen molar-refractivity contribution in [2.24, 2.45) is 0 Å². The molecule has 1 aromatic carbocycles. The molecule has 2 aromatic heterocycles. The molecule has 1 amide bonds. The molecule has 0 fully saturated rings. The average Bonchev–Trinajstić information content (AvgIpc) is 3.09. The molecule has 2 heterocycles. The van der Waals surface area contributed by atoms with Crippen LogP contribution in [-0.4, -0.2) is 21.1 Å². The van der Waals surface area contributed by atoms with Crippen LogP contribution < -0.4 is 5.32 Å². The number of hydrogen-bond acceptors (Lipinski definition) is 4. The second-order valence-electron chi connectivity index (χ2n) is 3.96. The SMILES string of the molecule is O=C(Nc1nnc(-c2ccccc2)o1)c1cc(Br)c[nH]1. The molecule has 0 spiro atoms. The van der Waals surface area contributed by atoms with E-state index in [1.807, 2.05) is 30.3 Å². The number of anilines is 1. The van der Waals surface area contributed by atoms with E-state index in [-0.39, 0.29) is 11.9 Å². The Balaban J connectivity index is 1.76. The van der Waals surface area contributed by atoms with Gasteiger partial charge in [-0.15, -0.1) is 5.10 Å². The fourth-order valence-corrected chi connectivity index (χ4v) is 1.98. The standard InChI is InChI=1S/C13H9BrN4O2/c14-9-6-10(15-7-9)11(19)16-13-18-17-12(20-13)8-4-2-1-3-5-8/h1-7,15H,(H,16,18,19). The first-order valence-electron chi connectivity index (χ1n) is 5.76. The Labute approximate surface area is 122 Å². The first-order chi connectivity index (χ1) is 9.72. The molecule has 0 aliphatic rings. The van der Waals surface area contributed by atoms with Crippen molar-refractivity contribution >= 4 is 27.9 Å². The molecule has 0 aliphatic carbocycles. The number of halogens is 1. The predicted octanol–water partition coefficient (Wildman–Crippen LogP) is 3.08. The molecular formula is C13H9BrN4O2. The number of H-pyrrole nitrogens is 1. The third kappa shape index (κ3) is 2.62. The van der Waals surface area contributed by atoms with E-state index in [0.717, 1.165) is 10.0 Å². The highest BCUT2D eigenvalue weighted by Crippen LogP contribution is 2.19. The molecule has 0 radical (unpaired) electrons. The van der Waals surface area contributed by atoms with Crippen LogP contribution >= 0.6 is 15.9 Å². The number of nitrogens with zero attached hydrogens (tertiary/aromatic N) is 2. The Bertz CT molecular complexity index is 736. The van der Waals surface area contributed by atoms with Gasteiger partial charge in [-0.2, -0.15) is 0 Å². The summed E-state index contributed by atoms with van der Waals surface area (Å²) >= 11 is 3.26. The molecule has 0 saturated carbocycles. The van der Waals surface area contributed by atoms with Gasteiger partial charge in [-0.1, -0.05) is 23.3 Å². The lowest BCUT2D eigenvalue weighted by Crippen LogP contribution is -2.12. The molecule has 3 aromatic rings. The van der Waals surface area contributed by atoms with Crippen LogP contribution in [0, 0.1) is 0 Å².